The molecule has 3 rings (SSSR count). The second kappa shape index (κ2) is 8.05. The molecular weight excluding hydrogens is 322 g/mol. The van der Waals surface area contributed by atoms with Gasteiger partial charge in [0.15, 0.2) is 0 Å². The number of quaternary nitrogens is 1. The molecule has 138 valence electrons. The van der Waals surface area contributed by atoms with Crippen LogP contribution < -0.4 is 5.11 Å². The lowest BCUT2D eigenvalue weighted by molar-refractivity contribution is -0.916. The molecule has 1 aliphatic carbocycles. The van der Waals surface area contributed by atoms with Gasteiger partial charge in [-0.25, -0.2) is 0 Å². The molecule has 2 aromatic carbocycles. The van der Waals surface area contributed by atoms with Gasteiger partial charge < -0.3 is 14.4 Å². The van der Waals surface area contributed by atoms with E-state index in [9.17, 15) is 9.90 Å². The van der Waals surface area contributed by atoms with E-state index < -0.39 is 5.97 Å². The number of carbonyl (C=O) groups excluding carboxylic acids is 1. The van der Waals surface area contributed by atoms with Crippen LogP contribution in [0.2, 0.25) is 0 Å². The van der Waals surface area contributed by atoms with Crippen molar-refractivity contribution in [3.63, 3.8) is 0 Å². The minimum Gasteiger partial charge on any atom is -0.550 e. The van der Waals surface area contributed by atoms with Crippen LogP contribution in [-0.4, -0.2) is 24.5 Å². The highest BCUT2D eigenvalue weighted by Crippen LogP contribution is 2.37. The summed E-state index contributed by atoms with van der Waals surface area (Å²) in [6.07, 6.45) is 3.80. The number of rotatable bonds is 6. The summed E-state index contributed by atoms with van der Waals surface area (Å²) in [5.41, 5.74) is 3.78. The molecule has 0 saturated heterocycles. The third kappa shape index (κ3) is 4.73. The van der Waals surface area contributed by atoms with Crippen LogP contribution in [0.1, 0.15) is 48.3 Å². The summed E-state index contributed by atoms with van der Waals surface area (Å²) in [6.45, 7) is 1.93. The number of carboxylic acids is 1. The van der Waals surface area contributed by atoms with E-state index in [1.165, 1.54) is 11.1 Å². The average Bonchev–Trinajstić information content (AvgIpc) is 2.62. The summed E-state index contributed by atoms with van der Waals surface area (Å²) in [6, 6.07) is 19.2. The van der Waals surface area contributed by atoms with Crippen molar-refractivity contribution in [2.45, 2.75) is 44.7 Å². The van der Waals surface area contributed by atoms with Crippen LogP contribution in [-0.2, 0) is 17.9 Å². The summed E-state index contributed by atoms with van der Waals surface area (Å²) in [4.78, 5) is 11.5. The zero-order chi connectivity index (χ0) is 18.6. The predicted octanol–water partition coefficient (Wildman–Crippen LogP) is 3.49. The van der Waals surface area contributed by atoms with Crippen molar-refractivity contribution < 1.29 is 14.4 Å². The van der Waals surface area contributed by atoms with Gasteiger partial charge in [-0.2, -0.15) is 0 Å². The minimum absolute atomic E-state index is 0.106. The Morgan fingerprint density at radius 1 is 0.923 bits per heavy atom. The molecular formula is C23H29NO2. The van der Waals surface area contributed by atoms with Gasteiger partial charge in [-0.05, 0) is 24.3 Å². The van der Waals surface area contributed by atoms with Crippen LogP contribution in [0, 0.1) is 5.92 Å². The number of carbonyl (C=O) groups is 1. The number of benzene rings is 2. The Labute approximate surface area is 156 Å². The maximum Gasteiger partial charge on any atom is 0.104 e. The summed E-state index contributed by atoms with van der Waals surface area (Å²) < 4.78 is 0.883. The maximum absolute atomic E-state index is 11.5. The van der Waals surface area contributed by atoms with Crippen LogP contribution in [0.4, 0.5) is 0 Å². The Hall–Kier alpha value is -2.13. The molecule has 3 nitrogen and oxygen atoms in total. The SMILES string of the molecule is C[N+](C)(Cc1ccccc1)Cc1ccc([C@H]2CCCC[C@@H]2C(=O)[O-])cc1. The van der Waals surface area contributed by atoms with Gasteiger partial charge in [0, 0.05) is 23.0 Å². The number of hydrogen-bond acceptors (Lipinski definition) is 2. The molecule has 0 spiro atoms. The van der Waals surface area contributed by atoms with E-state index >= 15 is 0 Å². The molecule has 0 radical (unpaired) electrons. The van der Waals surface area contributed by atoms with E-state index in [2.05, 4.69) is 62.6 Å². The van der Waals surface area contributed by atoms with Crippen molar-refractivity contribution in [2.24, 2.45) is 5.92 Å². The first-order chi connectivity index (χ1) is 12.4. The van der Waals surface area contributed by atoms with E-state index in [0.29, 0.717) is 0 Å². The fourth-order valence-electron chi connectivity index (χ4n) is 4.31. The smallest absolute Gasteiger partial charge is 0.104 e. The Morgan fingerprint density at radius 3 is 2.12 bits per heavy atom. The number of aliphatic carboxylic acids is 1. The molecule has 2 atom stereocenters. The highest BCUT2D eigenvalue weighted by Gasteiger charge is 2.27. The average molecular weight is 351 g/mol. The molecule has 0 bridgehead atoms. The van der Waals surface area contributed by atoms with Crippen LogP contribution >= 0.6 is 0 Å². The van der Waals surface area contributed by atoms with Crippen molar-refractivity contribution in [2.75, 3.05) is 14.1 Å². The molecule has 2 aromatic rings. The summed E-state index contributed by atoms with van der Waals surface area (Å²) in [5, 5.41) is 11.5. The fraction of sp³-hybridized carbons (Fsp3) is 0.435. The van der Waals surface area contributed by atoms with Gasteiger partial charge in [0.05, 0.1) is 14.1 Å². The fourth-order valence-corrected chi connectivity index (χ4v) is 4.31. The Balaban J connectivity index is 1.68. The molecule has 3 heteroatoms. The van der Waals surface area contributed by atoms with Gasteiger partial charge in [0.2, 0.25) is 0 Å². The zero-order valence-corrected chi connectivity index (χ0v) is 15.9. The maximum atomic E-state index is 11.5. The third-order valence-corrected chi connectivity index (χ3v) is 5.54. The van der Waals surface area contributed by atoms with Gasteiger partial charge in [0.25, 0.3) is 0 Å². The number of hydrogen-bond donors (Lipinski definition) is 0. The molecule has 0 aromatic heterocycles. The van der Waals surface area contributed by atoms with Crippen molar-refractivity contribution >= 4 is 5.97 Å². The summed E-state index contributed by atoms with van der Waals surface area (Å²) in [7, 11) is 4.49. The predicted molar refractivity (Wildman–Crippen MR) is 102 cm³/mol. The lowest BCUT2D eigenvalue weighted by Crippen LogP contribution is -2.38. The second-order valence-electron chi connectivity index (χ2n) is 8.30. The molecule has 0 N–H and O–H groups in total. The number of nitrogens with zero attached hydrogens (tertiary/aromatic N) is 1. The van der Waals surface area contributed by atoms with Crippen molar-refractivity contribution in [1.29, 1.82) is 0 Å². The molecule has 0 amide bonds. The summed E-state index contributed by atoms with van der Waals surface area (Å²) in [5.74, 6) is -1.12. The Bertz CT molecular complexity index is 722. The molecule has 1 aliphatic rings. The Kier molecular flexibility index (Phi) is 5.77. The lowest BCUT2D eigenvalue weighted by atomic mass is 9.75. The molecule has 1 fully saturated rings. The van der Waals surface area contributed by atoms with Gasteiger partial charge in [-0.1, -0.05) is 67.4 Å². The van der Waals surface area contributed by atoms with E-state index in [1.54, 1.807) is 0 Å². The quantitative estimate of drug-likeness (QED) is 0.748. The second-order valence-corrected chi connectivity index (χ2v) is 8.30. The van der Waals surface area contributed by atoms with E-state index in [1.807, 2.05) is 6.07 Å². The van der Waals surface area contributed by atoms with Crippen molar-refractivity contribution in [3.05, 3.63) is 71.3 Å². The zero-order valence-electron chi connectivity index (χ0n) is 15.9. The number of carboxylic acid groups (broad SMARTS) is 1. The first-order valence-electron chi connectivity index (χ1n) is 9.60. The highest BCUT2D eigenvalue weighted by molar-refractivity contribution is 5.69. The van der Waals surface area contributed by atoms with Crippen LogP contribution in [0.25, 0.3) is 0 Å². The van der Waals surface area contributed by atoms with Gasteiger partial charge in [-0.15, -0.1) is 0 Å². The molecule has 1 saturated carbocycles. The van der Waals surface area contributed by atoms with E-state index in [0.717, 1.165) is 48.8 Å². The normalized spacial score (nSPS) is 20.7. The van der Waals surface area contributed by atoms with Crippen LogP contribution in [0.5, 0.6) is 0 Å². The Morgan fingerprint density at radius 2 is 1.50 bits per heavy atom. The molecule has 0 unspecified atom stereocenters. The van der Waals surface area contributed by atoms with Crippen molar-refractivity contribution in [3.8, 4) is 0 Å². The standard InChI is InChI=1S/C23H29NO2/c1-24(2,16-18-8-4-3-5-9-18)17-19-12-14-20(15-13-19)21-10-6-7-11-22(21)23(25)26/h3-5,8-9,12-15,21-22H,6-7,10-11,16-17H2,1-2H3/t21-,22+/m1/s1. The van der Waals surface area contributed by atoms with Gasteiger partial charge in [0.1, 0.15) is 13.1 Å². The highest BCUT2D eigenvalue weighted by atomic mass is 16.4. The monoisotopic (exact) mass is 351 g/mol. The largest absolute Gasteiger partial charge is 0.550 e. The van der Waals surface area contributed by atoms with Gasteiger partial charge >= 0.3 is 0 Å². The van der Waals surface area contributed by atoms with Crippen LogP contribution in [0.15, 0.2) is 54.6 Å². The van der Waals surface area contributed by atoms with Crippen molar-refractivity contribution in [1.82, 2.24) is 0 Å². The molecule has 0 heterocycles. The minimum atomic E-state index is -0.889. The lowest BCUT2D eigenvalue weighted by Gasteiger charge is -2.33. The van der Waals surface area contributed by atoms with E-state index in [4.69, 9.17) is 0 Å². The van der Waals surface area contributed by atoms with E-state index in [-0.39, 0.29) is 11.8 Å². The van der Waals surface area contributed by atoms with Gasteiger partial charge in [-0.3, -0.25) is 0 Å². The first kappa shape index (κ1) is 18.7. The topological polar surface area (TPSA) is 40.1 Å². The van der Waals surface area contributed by atoms with Crippen LogP contribution in [0.3, 0.4) is 0 Å². The first-order valence-corrected chi connectivity index (χ1v) is 9.60. The summed E-state index contributed by atoms with van der Waals surface area (Å²) >= 11 is 0. The molecule has 0 aliphatic heterocycles. The molecule has 26 heavy (non-hydrogen) atoms. The third-order valence-electron chi connectivity index (χ3n) is 5.54.